The van der Waals surface area contributed by atoms with Gasteiger partial charge in [-0.25, -0.2) is 4.79 Å². The summed E-state index contributed by atoms with van der Waals surface area (Å²) in [6.45, 7) is 2.54. The molecule has 0 aromatic carbocycles. The summed E-state index contributed by atoms with van der Waals surface area (Å²) in [7, 11) is 1.57. The molecule has 5 heteroatoms. The summed E-state index contributed by atoms with van der Waals surface area (Å²) in [4.78, 5) is 23.9. The lowest BCUT2D eigenvalue weighted by atomic mass is 10.1. The third kappa shape index (κ3) is 2.23. The number of hydrogen-bond donors (Lipinski definition) is 1. The van der Waals surface area contributed by atoms with Gasteiger partial charge < -0.3 is 10.1 Å². The normalized spacial score (nSPS) is 18.6. The molecule has 0 spiro atoms. The Labute approximate surface area is 83.4 Å². The fraction of sp³-hybridized carbons (Fsp3) is 0.778. The second-order valence-electron chi connectivity index (χ2n) is 3.32. The van der Waals surface area contributed by atoms with Crippen molar-refractivity contribution in [2.75, 3.05) is 20.3 Å². The molecule has 1 atom stereocenters. The minimum atomic E-state index is -0.300. The van der Waals surface area contributed by atoms with E-state index in [2.05, 4.69) is 5.32 Å². The van der Waals surface area contributed by atoms with E-state index in [0.717, 1.165) is 12.8 Å². The molecular formula is C9H16N2O3. The Morgan fingerprint density at radius 1 is 1.57 bits per heavy atom. The molecule has 1 heterocycles. The summed E-state index contributed by atoms with van der Waals surface area (Å²) in [6, 6.07) is -0.425. The maximum absolute atomic E-state index is 11.4. The fourth-order valence-electron chi connectivity index (χ4n) is 1.62. The predicted octanol–water partition coefficient (Wildman–Crippen LogP) is 0.353. The van der Waals surface area contributed by atoms with Crippen molar-refractivity contribution in [3.8, 4) is 0 Å². The van der Waals surface area contributed by atoms with Gasteiger partial charge in [0.25, 0.3) is 0 Å². The van der Waals surface area contributed by atoms with Crippen LogP contribution >= 0.6 is 0 Å². The first-order valence-corrected chi connectivity index (χ1v) is 4.79. The van der Waals surface area contributed by atoms with Crippen LogP contribution in [0.4, 0.5) is 4.79 Å². The lowest BCUT2D eigenvalue weighted by molar-refractivity contribution is -0.127. The average molecular weight is 200 g/mol. The molecular weight excluding hydrogens is 184 g/mol. The van der Waals surface area contributed by atoms with Gasteiger partial charge in [-0.2, -0.15) is 0 Å². The van der Waals surface area contributed by atoms with Crippen molar-refractivity contribution in [3.63, 3.8) is 0 Å². The number of urea groups is 1. The van der Waals surface area contributed by atoms with Crippen molar-refractivity contribution in [1.29, 1.82) is 0 Å². The number of amides is 3. The number of nitrogens with zero attached hydrogens (tertiary/aromatic N) is 1. The second kappa shape index (κ2) is 4.95. The van der Waals surface area contributed by atoms with Crippen LogP contribution in [-0.2, 0) is 9.53 Å². The van der Waals surface area contributed by atoms with Crippen molar-refractivity contribution >= 4 is 11.9 Å². The number of methoxy groups -OCH3 is 1. The van der Waals surface area contributed by atoms with Crippen molar-refractivity contribution < 1.29 is 14.3 Å². The smallest absolute Gasteiger partial charge is 0.324 e. The molecule has 5 nitrogen and oxygen atoms in total. The number of rotatable bonds is 5. The Hall–Kier alpha value is -1.10. The lowest BCUT2D eigenvalue weighted by Gasteiger charge is -2.23. The van der Waals surface area contributed by atoms with Crippen LogP contribution in [-0.4, -0.2) is 43.1 Å². The minimum absolute atomic E-state index is 0.114. The summed E-state index contributed by atoms with van der Waals surface area (Å²) < 4.78 is 4.99. The number of ether oxygens (including phenoxy) is 1. The van der Waals surface area contributed by atoms with Crippen molar-refractivity contribution in [3.05, 3.63) is 0 Å². The summed E-state index contributed by atoms with van der Waals surface area (Å²) in [6.07, 6.45) is 1.71. The highest BCUT2D eigenvalue weighted by Crippen LogP contribution is 2.11. The zero-order valence-electron chi connectivity index (χ0n) is 8.58. The van der Waals surface area contributed by atoms with Gasteiger partial charge >= 0.3 is 6.03 Å². The first kappa shape index (κ1) is 11.0. The summed E-state index contributed by atoms with van der Waals surface area (Å²) in [5, 5.41) is 2.50. The van der Waals surface area contributed by atoms with Crippen LogP contribution in [0, 0.1) is 0 Å². The van der Waals surface area contributed by atoms with Gasteiger partial charge in [0.15, 0.2) is 0 Å². The molecule has 1 aliphatic heterocycles. The largest absolute Gasteiger partial charge is 0.383 e. The number of nitrogens with one attached hydrogen (secondary N) is 1. The molecule has 1 saturated heterocycles. The number of carbonyl (C=O) groups is 2. The van der Waals surface area contributed by atoms with E-state index in [1.165, 1.54) is 4.90 Å². The van der Waals surface area contributed by atoms with Crippen LogP contribution in [0.3, 0.4) is 0 Å². The van der Waals surface area contributed by atoms with E-state index in [1.54, 1.807) is 7.11 Å². The van der Waals surface area contributed by atoms with Gasteiger partial charge in [0, 0.05) is 7.11 Å². The molecule has 1 aliphatic rings. The highest BCUT2D eigenvalue weighted by atomic mass is 16.5. The standard InChI is InChI=1S/C9H16N2O3/c1-3-4-7(6-14-2)11-8(12)5-10-9(11)13/h7H,3-6H2,1-2H3,(H,10,13). The lowest BCUT2D eigenvalue weighted by Crippen LogP contribution is -2.43. The third-order valence-electron chi connectivity index (χ3n) is 2.22. The van der Waals surface area contributed by atoms with Crippen LogP contribution in [0.5, 0.6) is 0 Å². The molecule has 14 heavy (non-hydrogen) atoms. The first-order chi connectivity index (χ1) is 6.70. The molecule has 0 saturated carbocycles. The van der Waals surface area contributed by atoms with Crippen molar-refractivity contribution in [1.82, 2.24) is 10.2 Å². The number of imide groups is 1. The van der Waals surface area contributed by atoms with Crippen molar-refractivity contribution in [2.45, 2.75) is 25.8 Å². The van der Waals surface area contributed by atoms with Gasteiger partial charge in [-0.3, -0.25) is 9.69 Å². The molecule has 1 unspecified atom stereocenters. The van der Waals surface area contributed by atoms with E-state index in [9.17, 15) is 9.59 Å². The Bertz CT molecular complexity index is 208. The molecule has 3 amide bonds. The van der Waals surface area contributed by atoms with Crippen LogP contribution < -0.4 is 5.32 Å². The fourth-order valence-corrected chi connectivity index (χ4v) is 1.62. The number of hydrogen-bond acceptors (Lipinski definition) is 3. The van der Waals surface area contributed by atoms with Gasteiger partial charge in [0.1, 0.15) is 0 Å². The van der Waals surface area contributed by atoms with Crippen LogP contribution in [0.2, 0.25) is 0 Å². The topological polar surface area (TPSA) is 58.6 Å². The summed E-state index contributed by atoms with van der Waals surface area (Å²) in [5.41, 5.74) is 0. The van der Waals surface area contributed by atoms with Crippen molar-refractivity contribution in [2.24, 2.45) is 0 Å². The van der Waals surface area contributed by atoms with Gasteiger partial charge in [-0.1, -0.05) is 13.3 Å². The molecule has 0 aromatic heterocycles. The minimum Gasteiger partial charge on any atom is -0.383 e. The van der Waals surface area contributed by atoms with Crippen LogP contribution in [0.1, 0.15) is 19.8 Å². The second-order valence-corrected chi connectivity index (χ2v) is 3.32. The Morgan fingerprint density at radius 3 is 2.71 bits per heavy atom. The zero-order chi connectivity index (χ0) is 10.6. The van der Waals surface area contributed by atoms with Crippen LogP contribution in [0.15, 0.2) is 0 Å². The Kier molecular flexibility index (Phi) is 3.88. The number of carbonyl (C=O) groups excluding carboxylic acids is 2. The highest BCUT2D eigenvalue weighted by Gasteiger charge is 2.34. The first-order valence-electron chi connectivity index (χ1n) is 4.79. The quantitative estimate of drug-likeness (QED) is 0.651. The molecule has 1 N–H and O–H groups in total. The van der Waals surface area contributed by atoms with Gasteiger partial charge in [0.05, 0.1) is 19.2 Å². The van der Waals surface area contributed by atoms with E-state index in [0.29, 0.717) is 6.61 Å². The molecule has 1 rings (SSSR count). The van der Waals surface area contributed by atoms with E-state index in [1.807, 2.05) is 6.92 Å². The highest BCUT2D eigenvalue weighted by molar-refractivity contribution is 6.02. The predicted molar refractivity (Wildman–Crippen MR) is 50.8 cm³/mol. The van der Waals surface area contributed by atoms with E-state index in [-0.39, 0.29) is 24.5 Å². The van der Waals surface area contributed by atoms with Gasteiger partial charge in [-0.15, -0.1) is 0 Å². The molecule has 0 aliphatic carbocycles. The Morgan fingerprint density at radius 2 is 2.29 bits per heavy atom. The molecule has 0 aromatic rings. The maximum atomic E-state index is 11.4. The van der Waals surface area contributed by atoms with E-state index in [4.69, 9.17) is 4.74 Å². The molecule has 80 valence electrons. The third-order valence-corrected chi connectivity index (χ3v) is 2.22. The monoisotopic (exact) mass is 200 g/mol. The maximum Gasteiger partial charge on any atom is 0.324 e. The Balaban J connectivity index is 2.65. The summed E-state index contributed by atoms with van der Waals surface area (Å²) >= 11 is 0. The molecule has 1 fully saturated rings. The van der Waals surface area contributed by atoms with E-state index < -0.39 is 0 Å². The molecule has 0 bridgehead atoms. The van der Waals surface area contributed by atoms with E-state index >= 15 is 0 Å². The van der Waals surface area contributed by atoms with Gasteiger partial charge in [0.2, 0.25) is 5.91 Å². The SMILES string of the molecule is CCCC(COC)N1C(=O)CNC1=O. The average Bonchev–Trinajstić information content (AvgIpc) is 2.46. The van der Waals surface area contributed by atoms with Crippen LogP contribution in [0.25, 0.3) is 0 Å². The molecule has 0 radical (unpaired) electrons. The zero-order valence-corrected chi connectivity index (χ0v) is 8.58. The summed E-state index contributed by atoms with van der Waals surface area (Å²) in [5.74, 6) is -0.162. The van der Waals surface area contributed by atoms with Gasteiger partial charge in [-0.05, 0) is 6.42 Å².